The summed E-state index contributed by atoms with van der Waals surface area (Å²) in [5, 5.41) is 9.83. The summed E-state index contributed by atoms with van der Waals surface area (Å²) < 4.78 is 5.17. The summed E-state index contributed by atoms with van der Waals surface area (Å²) in [7, 11) is 1.39. The number of likely N-dealkylation sites (N-methyl/N-ethyl adjacent to an activating group) is 1. The highest BCUT2D eigenvalue weighted by Gasteiger charge is 2.31. The Balaban J connectivity index is 2.99. The Kier molecular flexibility index (Phi) is 5.00. The van der Waals surface area contributed by atoms with Gasteiger partial charge in [-0.05, 0) is 38.5 Å². The number of carboxylic acids is 1. The number of carbonyl (C=O) groups is 2. The molecule has 1 amide bonds. The van der Waals surface area contributed by atoms with Gasteiger partial charge in [0.05, 0.1) is 0 Å². The van der Waals surface area contributed by atoms with Gasteiger partial charge in [-0.25, -0.2) is 9.59 Å². The number of amides is 1. The molecule has 1 N–H and O–H groups in total. The van der Waals surface area contributed by atoms with E-state index in [4.69, 9.17) is 16.3 Å². The molecule has 0 aliphatic rings. The molecule has 0 radical (unpaired) electrons. The zero-order chi connectivity index (χ0) is 15.5. The highest BCUT2D eigenvalue weighted by molar-refractivity contribution is 6.30. The predicted molar refractivity (Wildman–Crippen MR) is 75.8 cm³/mol. The minimum atomic E-state index is -1.14. The molecule has 110 valence electrons. The maximum Gasteiger partial charge on any atom is 0.411 e. The van der Waals surface area contributed by atoms with Gasteiger partial charge in [-0.1, -0.05) is 23.7 Å². The van der Waals surface area contributed by atoms with Crippen LogP contribution < -0.4 is 0 Å². The van der Waals surface area contributed by atoms with Crippen molar-refractivity contribution in [2.45, 2.75) is 32.4 Å². The number of nitrogens with zero attached hydrogens (tertiary/aromatic N) is 1. The molecule has 0 heterocycles. The number of aliphatic carboxylic acids is 1. The second kappa shape index (κ2) is 6.13. The number of halogens is 1. The zero-order valence-corrected chi connectivity index (χ0v) is 12.6. The first-order valence-corrected chi connectivity index (χ1v) is 6.43. The molecule has 1 aromatic rings. The molecule has 1 rings (SSSR count). The van der Waals surface area contributed by atoms with E-state index >= 15 is 0 Å². The number of hydrogen-bond acceptors (Lipinski definition) is 3. The molecular formula is C14H18ClNO4. The summed E-state index contributed by atoms with van der Waals surface area (Å²) in [6.07, 6.45) is -0.695. The van der Waals surface area contributed by atoms with E-state index in [0.717, 1.165) is 4.90 Å². The van der Waals surface area contributed by atoms with Crippen molar-refractivity contribution < 1.29 is 19.4 Å². The monoisotopic (exact) mass is 299 g/mol. The molecule has 0 spiro atoms. The van der Waals surface area contributed by atoms with Crippen molar-refractivity contribution in [1.82, 2.24) is 4.90 Å². The average molecular weight is 300 g/mol. The van der Waals surface area contributed by atoms with Crippen LogP contribution in [0, 0.1) is 0 Å². The molecule has 1 atom stereocenters. The van der Waals surface area contributed by atoms with Crippen molar-refractivity contribution in [2.24, 2.45) is 0 Å². The van der Waals surface area contributed by atoms with Crippen LogP contribution in [0.3, 0.4) is 0 Å². The Morgan fingerprint density at radius 2 is 1.75 bits per heavy atom. The number of hydrogen-bond donors (Lipinski definition) is 1. The molecule has 5 nitrogen and oxygen atoms in total. The van der Waals surface area contributed by atoms with Crippen LogP contribution in [0.5, 0.6) is 0 Å². The lowest BCUT2D eigenvalue weighted by Crippen LogP contribution is -2.39. The summed E-state index contributed by atoms with van der Waals surface area (Å²) in [5.41, 5.74) is -0.232. The van der Waals surface area contributed by atoms with Gasteiger partial charge >= 0.3 is 12.1 Å². The van der Waals surface area contributed by atoms with E-state index in [0.29, 0.717) is 10.6 Å². The van der Waals surface area contributed by atoms with Gasteiger partial charge in [0.1, 0.15) is 5.60 Å². The van der Waals surface area contributed by atoms with Crippen molar-refractivity contribution in [3.05, 3.63) is 34.9 Å². The minimum absolute atomic E-state index is 0.454. The molecule has 0 fully saturated rings. The van der Waals surface area contributed by atoms with Crippen molar-refractivity contribution in [1.29, 1.82) is 0 Å². The van der Waals surface area contributed by atoms with Crippen molar-refractivity contribution in [3.63, 3.8) is 0 Å². The predicted octanol–water partition coefficient (Wildman–Crippen LogP) is 3.33. The van der Waals surface area contributed by atoms with E-state index in [-0.39, 0.29) is 0 Å². The minimum Gasteiger partial charge on any atom is -0.479 e. The maximum absolute atomic E-state index is 12.0. The lowest BCUT2D eigenvalue weighted by molar-refractivity contribution is -0.142. The zero-order valence-electron chi connectivity index (χ0n) is 11.9. The number of benzene rings is 1. The van der Waals surface area contributed by atoms with Crippen LogP contribution in [0.25, 0.3) is 0 Å². The lowest BCUT2D eigenvalue weighted by Gasteiger charge is -2.28. The quantitative estimate of drug-likeness (QED) is 0.929. The fourth-order valence-corrected chi connectivity index (χ4v) is 1.74. The lowest BCUT2D eigenvalue weighted by atomic mass is 10.1. The molecular weight excluding hydrogens is 282 g/mol. The topological polar surface area (TPSA) is 66.8 Å². The van der Waals surface area contributed by atoms with Gasteiger partial charge < -0.3 is 9.84 Å². The number of carbonyl (C=O) groups excluding carboxylic acids is 1. The molecule has 0 aromatic heterocycles. The summed E-state index contributed by atoms with van der Waals surface area (Å²) in [5.74, 6) is -1.14. The largest absolute Gasteiger partial charge is 0.479 e. The smallest absolute Gasteiger partial charge is 0.411 e. The Hall–Kier alpha value is -1.75. The molecule has 1 unspecified atom stereocenters. The van der Waals surface area contributed by atoms with E-state index < -0.39 is 23.7 Å². The van der Waals surface area contributed by atoms with E-state index in [1.54, 1.807) is 45.0 Å². The van der Waals surface area contributed by atoms with Crippen LogP contribution in [0.15, 0.2) is 24.3 Å². The van der Waals surface area contributed by atoms with Crippen molar-refractivity contribution >= 4 is 23.7 Å². The van der Waals surface area contributed by atoms with Crippen LogP contribution in [0.4, 0.5) is 4.79 Å². The highest BCUT2D eigenvalue weighted by Crippen LogP contribution is 2.23. The normalized spacial score (nSPS) is 12.7. The molecule has 20 heavy (non-hydrogen) atoms. The molecule has 0 saturated carbocycles. The van der Waals surface area contributed by atoms with Crippen molar-refractivity contribution in [2.75, 3.05) is 7.05 Å². The third-order valence-electron chi connectivity index (χ3n) is 2.49. The standard InChI is InChI=1S/C14H18ClNO4/c1-14(2,3)20-13(19)16(4)11(12(17)18)9-5-7-10(15)8-6-9/h5-8,11H,1-4H3,(H,17,18). The van der Waals surface area contributed by atoms with Gasteiger partial charge in [-0.3, -0.25) is 4.90 Å². The summed E-state index contributed by atoms with van der Waals surface area (Å²) in [6, 6.07) is 5.18. The fraction of sp³-hybridized carbons (Fsp3) is 0.429. The van der Waals surface area contributed by atoms with Crippen LogP contribution in [-0.2, 0) is 9.53 Å². The molecule has 0 aliphatic carbocycles. The first-order valence-electron chi connectivity index (χ1n) is 6.06. The number of rotatable bonds is 3. The Morgan fingerprint density at radius 1 is 1.25 bits per heavy atom. The second-order valence-corrected chi connectivity index (χ2v) is 5.82. The van der Waals surface area contributed by atoms with Crippen LogP contribution >= 0.6 is 11.6 Å². The molecule has 0 bridgehead atoms. The number of carboxylic acid groups (broad SMARTS) is 1. The van der Waals surface area contributed by atoms with E-state index in [1.165, 1.54) is 7.05 Å². The average Bonchev–Trinajstić information content (AvgIpc) is 2.29. The summed E-state index contributed by atoms with van der Waals surface area (Å²) in [4.78, 5) is 24.4. The third kappa shape index (κ3) is 4.42. The van der Waals surface area contributed by atoms with E-state index in [2.05, 4.69) is 0 Å². The summed E-state index contributed by atoms with van der Waals surface area (Å²) >= 11 is 5.77. The van der Waals surface area contributed by atoms with Gasteiger partial charge in [0, 0.05) is 12.1 Å². The Morgan fingerprint density at radius 3 is 2.15 bits per heavy atom. The molecule has 0 aliphatic heterocycles. The SMILES string of the molecule is CN(C(=O)OC(C)(C)C)C(C(=O)O)c1ccc(Cl)cc1. The third-order valence-corrected chi connectivity index (χ3v) is 2.74. The first kappa shape index (κ1) is 16.3. The molecule has 6 heteroatoms. The van der Waals surface area contributed by atoms with Crippen molar-refractivity contribution in [3.8, 4) is 0 Å². The maximum atomic E-state index is 12.0. The summed E-state index contributed by atoms with van der Waals surface area (Å²) in [6.45, 7) is 5.16. The van der Waals surface area contributed by atoms with Gasteiger partial charge in [0.15, 0.2) is 6.04 Å². The van der Waals surface area contributed by atoms with E-state index in [9.17, 15) is 14.7 Å². The first-order chi connectivity index (χ1) is 9.11. The van der Waals surface area contributed by atoms with Gasteiger partial charge in [0.2, 0.25) is 0 Å². The highest BCUT2D eigenvalue weighted by atomic mass is 35.5. The van der Waals surface area contributed by atoms with Gasteiger partial charge in [-0.2, -0.15) is 0 Å². The molecule has 1 aromatic carbocycles. The van der Waals surface area contributed by atoms with E-state index in [1.807, 2.05) is 0 Å². The van der Waals surface area contributed by atoms with Crippen LogP contribution in [0.1, 0.15) is 32.4 Å². The van der Waals surface area contributed by atoms with Crippen LogP contribution in [-0.4, -0.2) is 34.7 Å². The van der Waals surface area contributed by atoms with Crippen LogP contribution in [0.2, 0.25) is 5.02 Å². The Labute approximate surface area is 123 Å². The molecule has 0 saturated heterocycles. The number of ether oxygens (including phenoxy) is 1. The fourth-order valence-electron chi connectivity index (χ4n) is 1.62. The van der Waals surface area contributed by atoms with Gasteiger partial charge in [-0.15, -0.1) is 0 Å². The van der Waals surface area contributed by atoms with Gasteiger partial charge in [0.25, 0.3) is 0 Å². The Bertz CT molecular complexity index is 493. The second-order valence-electron chi connectivity index (χ2n) is 5.38.